The third-order valence-corrected chi connectivity index (χ3v) is 2.98. The Morgan fingerprint density at radius 1 is 1.12 bits per heavy atom. The van der Waals surface area contributed by atoms with Crippen molar-refractivity contribution in [3.8, 4) is 11.5 Å². The fraction of sp³-hybridized carbons (Fsp3) is 0.571. The van der Waals surface area contributed by atoms with E-state index in [4.69, 9.17) is 9.47 Å². The van der Waals surface area contributed by atoms with Gasteiger partial charge in [-0.05, 0) is 51.4 Å². The molecule has 0 fully saturated rings. The van der Waals surface area contributed by atoms with Gasteiger partial charge in [0, 0.05) is 5.56 Å². The highest BCUT2D eigenvalue weighted by molar-refractivity contribution is 5.49. The molecule has 0 unspecified atom stereocenters. The zero-order valence-corrected chi connectivity index (χ0v) is 11.3. The third kappa shape index (κ3) is 3.63. The Morgan fingerprint density at radius 2 is 1.88 bits per heavy atom. The SMILES string of the molecule is CNCCCCc1ccc(OC)c(C)c1OC. The van der Waals surface area contributed by atoms with E-state index < -0.39 is 0 Å². The van der Waals surface area contributed by atoms with Gasteiger partial charge in [-0.1, -0.05) is 6.07 Å². The van der Waals surface area contributed by atoms with E-state index in [2.05, 4.69) is 11.4 Å². The Bertz CT molecular complexity index is 350. The number of nitrogens with one attached hydrogen (secondary N) is 1. The minimum absolute atomic E-state index is 0.890. The van der Waals surface area contributed by atoms with Crippen LogP contribution in [0.3, 0.4) is 0 Å². The van der Waals surface area contributed by atoms with Crippen molar-refractivity contribution in [3.63, 3.8) is 0 Å². The number of unbranched alkanes of at least 4 members (excludes halogenated alkanes) is 1. The lowest BCUT2D eigenvalue weighted by molar-refractivity contribution is 0.385. The van der Waals surface area contributed by atoms with Gasteiger partial charge in [0.15, 0.2) is 0 Å². The van der Waals surface area contributed by atoms with Crippen molar-refractivity contribution in [1.82, 2.24) is 5.32 Å². The van der Waals surface area contributed by atoms with Gasteiger partial charge < -0.3 is 14.8 Å². The Hall–Kier alpha value is -1.22. The number of rotatable bonds is 7. The molecule has 1 N–H and O–H groups in total. The van der Waals surface area contributed by atoms with Gasteiger partial charge in [0.25, 0.3) is 0 Å². The van der Waals surface area contributed by atoms with Gasteiger partial charge in [-0.3, -0.25) is 0 Å². The summed E-state index contributed by atoms with van der Waals surface area (Å²) in [5.41, 5.74) is 2.35. The average molecular weight is 237 g/mol. The van der Waals surface area contributed by atoms with E-state index in [0.717, 1.165) is 30.0 Å². The molecule has 0 aliphatic rings. The maximum Gasteiger partial charge on any atom is 0.128 e. The fourth-order valence-corrected chi connectivity index (χ4v) is 2.05. The van der Waals surface area contributed by atoms with Crippen molar-refractivity contribution in [2.75, 3.05) is 27.8 Å². The van der Waals surface area contributed by atoms with Crippen LogP contribution in [0, 0.1) is 6.92 Å². The smallest absolute Gasteiger partial charge is 0.128 e. The van der Waals surface area contributed by atoms with Crippen LogP contribution in [0.25, 0.3) is 0 Å². The first-order valence-corrected chi connectivity index (χ1v) is 6.09. The van der Waals surface area contributed by atoms with Crippen LogP contribution in [0.15, 0.2) is 12.1 Å². The van der Waals surface area contributed by atoms with Gasteiger partial charge in [0.1, 0.15) is 11.5 Å². The number of hydrogen-bond acceptors (Lipinski definition) is 3. The highest BCUT2D eigenvalue weighted by Gasteiger charge is 2.10. The van der Waals surface area contributed by atoms with Crippen molar-refractivity contribution >= 4 is 0 Å². The fourth-order valence-electron chi connectivity index (χ4n) is 2.05. The van der Waals surface area contributed by atoms with Gasteiger partial charge in [-0.25, -0.2) is 0 Å². The molecule has 1 rings (SSSR count). The van der Waals surface area contributed by atoms with Crippen molar-refractivity contribution in [1.29, 1.82) is 0 Å². The predicted molar refractivity (Wildman–Crippen MR) is 71.1 cm³/mol. The molecule has 0 spiro atoms. The predicted octanol–water partition coefficient (Wildman–Crippen LogP) is 2.55. The molecule has 3 nitrogen and oxygen atoms in total. The van der Waals surface area contributed by atoms with Gasteiger partial charge in [0.05, 0.1) is 14.2 Å². The van der Waals surface area contributed by atoms with E-state index in [1.54, 1.807) is 14.2 Å². The quantitative estimate of drug-likeness (QED) is 0.739. The number of methoxy groups -OCH3 is 2. The zero-order valence-electron chi connectivity index (χ0n) is 11.3. The molecule has 3 heteroatoms. The number of benzene rings is 1. The molecule has 0 atom stereocenters. The second kappa shape index (κ2) is 7.17. The first-order chi connectivity index (χ1) is 8.24. The van der Waals surface area contributed by atoms with Crippen LogP contribution in [-0.4, -0.2) is 27.8 Å². The van der Waals surface area contributed by atoms with Crippen LogP contribution in [0.1, 0.15) is 24.0 Å². The Kier molecular flexibility index (Phi) is 5.84. The molecule has 0 radical (unpaired) electrons. The Labute approximate surface area is 104 Å². The molecule has 0 aliphatic carbocycles. The van der Waals surface area contributed by atoms with Crippen LogP contribution in [0.2, 0.25) is 0 Å². The summed E-state index contributed by atoms with van der Waals surface area (Å²) in [5, 5.41) is 3.16. The minimum atomic E-state index is 0.890. The molecule has 0 aliphatic heterocycles. The van der Waals surface area contributed by atoms with Crippen LogP contribution in [-0.2, 0) is 6.42 Å². The lowest BCUT2D eigenvalue weighted by Gasteiger charge is -2.14. The molecule has 96 valence electrons. The number of aryl methyl sites for hydroxylation is 1. The molecule has 0 amide bonds. The van der Waals surface area contributed by atoms with Crippen LogP contribution >= 0.6 is 0 Å². The first kappa shape index (κ1) is 13.8. The van der Waals surface area contributed by atoms with Gasteiger partial charge in [0.2, 0.25) is 0 Å². The van der Waals surface area contributed by atoms with Gasteiger partial charge in [-0.15, -0.1) is 0 Å². The summed E-state index contributed by atoms with van der Waals surface area (Å²) in [4.78, 5) is 0. The van der Waals surface area contributed by atoms with E-state index in [1.807, 2.05) is 20.0 Å². The summed E-state index contributed by atoms with van der Waals surface area (Å²) in [5.74, 6) is 1.86. The molecule has 0 heterocycles. The molecule has 0 saturated heterocycles. The molecule has 1 aromatic rings. The highest BCUT2D eigenvalue weighted by Crippen LogP contribution is 2.31. The van der Waals surface area contributed by atoms with E-state index in [0.29, 0.717) is 0 Å². The summed E-state index contributed by atoms with van der Waals surface area (Å²) in [6, 6.07) is 4.12. The molecular formula is C14H23NO2. The van der Waals surface area contributed by atoms with Gasteiger partial charge >= 0.3 is 0 Å². The van der Waals surface area contributed by atoms with Crippen molar-refractivity contribution in [2.45, 2.75) is 26.2 Å². The second-order valence-corrected chi connectivity index (χ2v) is 4.15. The maximum absolute atomic E-state index is 5.48. The van der Waals surface area contributed by atoms with Crippen molar-refractivity contribution in [2.24, 2.45) is 0 Å². The lowest BCUT2D eigenvalue weighted by atomic mass is 10.0. The van der Waals surface area contributed by atoms with E-state index in [-0.39, 0.29) is 0 Å². The van der Waals surface area contributed by atoms with Crippen LogP contribution < -0.4 is 14.8 Å². The summed E-state index contributed by atoms with van der Waals surface area (Å²) in [6.07, 6.45) is 3.41. The van der Waals surface area contributed by atoms with Crippen LogP contribution in [0.5, 0.6) is 11.5 Å². The van der Waals surface area contributed by atoms with Crippen molar-refractivity contribution in [3.05, 3.63) is 23.3 Å². The zero-order chi connectivity index (χ0) is 12.7. The van der Waals surface area contributed by atoms with E-state index >= 15 is 0 Å². The Morgan fingerprint density at radius 3 is 2.47 bits per heavy atom. The minimum Gasteiger partial charge on any atom is -0.496 e. The largest absolute Gasteiger partial charge is 0.496 e. The molecule has 0 bridgehead atoms. The highest BCUT2D eigenvalue weighted by atomic mass is 16.5. The monoisotopic (exact) mass is 237 g/mol. The average Bonchev–Trinajstić information content (AvgIpc) is 2.35. The standard InChI is InChI=1S/C14H23NO2/c1-11-13(16-3)9-8-12(14(11)17-4)7-5-6-10-15-2/h8-9,15H,5-7,10H2,1-4H3. The summed E-state index contributed by atoms with van der Waals surface area (Å²) in [7, 11) is 5.39. The third-order valence-electron chi connectivity index (χ3n) is 2.98. The Balaban J connectivity index is 2.74. The van der Waals surface area contributed by atoms with E-state index in [1.165, 1.54) is 18.4 Å². The summed E-state index contributed by atoms with van der Waals surface area (Å²) >= 11 is 0. The summed E-state index contributed by atoms with van der Waals surface area (Å²) < 4.78 is 10.8. The van der Waals surface area contributed by atoms with Crippen LogP contribution in [0.4, 0.5) is 0 Å². The molecule has 0 aromatic heterocycles. The number of ether oxygens (including phenoxy) is 2. The summed E-state index contributed by atoms with van der Waals surface area (Å²) in [6.45, 7) is 3.10. The van der Waals surface area contributed by atoms with Crippen molar-refractivity contribution < 1.29 is 9.47 Å². The normalized spacial score (nSPS) is 10.4. The maximum atomic E-state index is 5.48. The van der Waals surface area contributed by atoms with E-state index in [9.17, 15) is 0 Å². The second-order valence-electron chi connectivity index (χ2n) is 4.15. The van der Waals surface area contributed by atoms with Gasteiger partial charge in [-0.2, -0.15) is 0 Å². The lowest BCUT2D eigenvalue weighted by Crippen LogP contribution is -2.07. The molecular weight excluding hydrogens is 214 g/mol. The number of hydrogen-bond donors (Lipinski definition) is 1. The molecule has 1 aromatic carbocycles. The topological polar surface area (TPSA) is 30.5 Å². The molecule has 0 saturated carbocycles. The molecule has 17 heavy (non-hydrogen) atoms. The first-order valence-electron chi connectivity index (χ1n) is 6.09.